The van der Waals surface area contributed by atoms with Crippen molar-refractivity contribution in [3.8, 4) is 0 Å². The molecule has 1 aromatic heterocycles. The first kappa shape index (κ1) is 19.7. The lowest BCUT2D eigenvalue weighted by atomic mass is 10.2. The zero-order chi connectivity index (χ0) is 18.1. The Hall–Kier alpha value is -1.59. The van der Waals surface area contributed by atoms with E-state index in [-0.39, 0.29) is 0 Å². The molecule has 1 aromatic carbocycles. The summed E-state index contributed by atoms with van der Waals surface area (Å²) in [5.74, 6) is 1.99. The third-order valence-electron chi connectivity index (χ3n) is 4.21. The van der Waals surface area contributed by atoms with E-state index >= 15 is 0 Å². The molecule has 0 N–H and O–H groups in total. The molecule has 2 aromatic rings. The molecule has 0 spiro atoms. The van der Waals surface area contributed by atoms with Crippen LogP contribution >= 0.6 is 11.8 Å². The summed E-state index contributed by atoms with van der Waals surface area (Å²) in [6.07, 6.45) is 7.73. The van der Waals surface area contributed by atoms with Gasteiger partial charge in [-0.15, -0.1) is 10.2 Å². The molecule has 5 heteroatoms. The van der Waals surface area contributed by atoms with E-state index in [1.807, 2.05) is 6.07 Å². The van der Waals surface area contributed by atoms with E-state index in [2.05, 4.69) is 84.0 Å². The maximum atomic E-state index is 4.52. The van der Waals surface area contributed by atoms with Crippen molar-refractivity contribution in [2.45, 2.75) is 50.9 Å². The van der Waals surface area contributed by atoms with Crippen LogP contribution < -0.4 is 0 Å². The van der Waals surface area contributed by atoms with Crippen molar-refractivity contribution in [3.05, 3.63) is 47.8 Å². The van der Waals surface area contributed by atoms with E-state index in [1.54, 1.807) is 11.8 Å². The molecule has 2 rings (SSSR count). The molecule has 0 aliphatic rings. The standard InChI is InChI=1S/C20H30N4S/c1-5-7-15-24-19(18(6-2)23(3)4)21-22-20(24)25-16-11-14-17-12-9-8-10-13-17/h8-14,18H,5-7,15-16H2,1-4H3. The van der Waals surface area contributed by atoms with Gasteiger partial charge >= 0.3 is 0 Å². The lowest BCUT2D eigenvalue weighted by molar-refractivity contribution is 0.270. The maximum absolute atomic E-state index is 4.52. The summed E-state index contributed by atoms with van der Waals surface area (Å²) in [6.45, 7) is 5.43. The Balaban J connectivity index is 2.08. The predicted octanol–water partition coefficient (Wildman–Crippen LogP) is 4.90. The number of rotatable bonds is 10. The van der Waals surface area contributed by atoms with E-state index < -0.39 is 0 Å². The quantitative estimate of drug-likeness (QED) is 0.566. The molecular formula is C20H30N4S. The minimum Gasteiger partial charge on any atom is -0.305 e. The van der Waals surface area contributed by atoms with Gasteiger partial charge in [-0.2, -0.15) is 0 Å². The largest absolute Gasteiger partial charge is 0.305 e. The number of nitrogens with zero attached hydrogens (tertiary/aromatic N) is 4. The van der Waals surface area contributed by atoms with Crippen LogP contribution in [0.4, 0.5) is 0 Å². The van der Waals surface area contributed by atoms with Gasteiger partial charge in [-0.25, -0.2) is 0 Å². The summed E-state index contributed by atoms with van der Waals surface area (Å²) in [5, 5.41) is 10.0. The van der Waals surface area contributed by atoms with Gasteiger partial charge in [0.25, 0.3) is 0 Å². The zero-order valence-electron chi connectivity index (χ0n) is 15.9. The Morgan fingerprint density at radius 1 is 1.16 bits per heavy atom. The van der Waals surface area contributed by atoms with Gasteiger partial charge in [0.05, 0.1) is 6.04 Å². The fourth-order valence-electron chi connectivity index (χ4n) is 2.83. The molecule has 0 aliphatic carbocycles. The molecule has 1 atom stereocenters. The van der Waals surface area contributed by atoms with Gasteiger partial charge < -0.3 is 4.57 Å². The predicted molar refractivity (Wildman–Crippen MR) is 108 cm³/mol. The Kier molecular flexibility index (Phi) is 8.22. The molecule has 0 bridgehead atoms. The number of thioether (sulfide) groups is 1. The van der Waals surface area contributed by atoms with Crippen LogP contribution in [0.3, 0.4) is 0 Å². The highest BCUT2D eigenvalue weighted by Gasteiger charge is 2.21. The maximum Gasteiger partial charge on any atom is 0.191 e. The number of aromatic nitrogens is 3. The molecule has 0 aliphatic heterocycles. The Morgan fingerprint density at radius 2 is 1.92 bits per heavy atom. The topological polar surface area (TPSA) is 34.0 Å². The number of benzene rings is 1. The summed E-state index contributed by atoms with van der Waals surface area (Å²) in [4.78, 5) is 2.23. The molecule has 0 fully saturated rings. The molecule has 0 saturated carbocycles. The first-order valence-electron chi connectivity index (χ1n) is 9.11. The van der Waals surface area contributed by atoms with Crippen molar-refractivity contribution < 1.29 is 0 Å². The normalized spacial score (nSPS) is 13.0. The monoisotopic (exact) mass is 358 g/mol. The van der Waals surface area contributed by atoms with Crippen LogP contribution in [-0.2, 0) is 6.54 Å². The van der Waals surface area contributed by atoms with E-state index in [1.165, 1.54) is 12.0 Å². The minimum absolute atomic E-state index is 0.318. The molecule has 0 amide bonds. The summed E-state index contributed by atoms with van der Waals surface area (Å²) >= 11 is 1.76. The van der Waals surface area contributed by atoms with Crippen LogP contribution in [0.1, 0.15) is 50.5 Å². The summed E-state index contributed by atoms with van der Waals surface area (Å²) in [6, 6.07) is 10.7. The zero-order valence-corrected chi connectivity index (χ0v) is 16.7. The van der Waals surface area contributed by atoms with Crippen molar-refractivity contribution in [2.24, 2.45) is 0 Å². The van der Waals surface area contributed by atoms with Crippen molar-refractivity contribution in [1.82, 2.24) is 19.7 Å². The molecule has 0 radical (unpaired) electrons. The summed E-state index contributed by atoms with van der Waals surface area (Å²) in [7, 11) is 4.23. The molecule has 136 valence electrons. The van der Waals surface area contributed by atoms with Gasteiger partial charge in [0.1, 0.15) is 0 Å². The van der Waals surface area contributed by atoms with Crippen molar-refractivity contribution >= 4 is 17.8 Å². The van der Waals surface area contributed by atoms with Crippen LogP contribution in [0.5, 0.6) is 0 Å². The number of hydrogen-bond donors (Lipinski definition) is 0. The van der Waals surface area contributed by atoms with Crippen molar-refractivity contribution in [2.75, 3.05) is 19.8 Å². The van der Waals surface area contributed by atoms with Crippen LogP contribution in [0.25, 0.3) is 6.08 Å². The fourth-order valence-corrected chi connectivity index (χ4v) is 3.61. The molecule has 1 heterocycles. The van der Waals surface area contributed by atoms with E-state index in [0.29, 0.717) is 6.04 Å². The first-order chi connectivity index (χ1) is 12.2. The second-order valence-electron chi connectivity index (χ2n) is 6.36. The molecule has 0 saturated heterocycles. The Labute approximate surface area is 156 Å². The fraction of sp³-hybridized carbons (Fsp3) is 0.500. The van der Waals surface area contributed by atoms with Crippen LogP contribution in [-0.4, -0.2) is 39.5 Å². The molecule has 4 nitrogen and oxygen atoms in total. The Morgan fingerprint density at radius 3 is 2.56 bits per heavy atom. The van der Waals surface area contributed by atoms with E-state index in [9.17, 15) is 0 Å². The number of unbranched alkanes of at least 4 members (excludes halogenated alkanes) is 1. The van der Waals surface area contributed by atoms with Crippen LogP contribution in [0.15, 0.2) is 41.6 Å². The third kappa shape index (κ3) is 5.72. The summed E-state index contributed by atoms with van der Waals surface area (Å²) in [5.41, 5.74) is 1.23. The Bertz CT molecular complexity index is 649. The highest BCUT2D eigenvalue weighted by Crippen LogP contribution is 2.25. The van der Waals surface area contributed by atoms with Gasteiger partial charge in [-0.1, -0.05) is 74.5 Å². The van der Waals surface area contributed by atoms with Crippen molar-refractivity contribution in [1.29, 1.82) is 0 Å². The van der Waals surface area contributed by atoms with Gasteiger partial charge in [-0.05, 0) is 32.5 Å². The summed E-state index contributed by atoms with van der Waals surface area (Å²) < 4.78 is 2.32. The highest BCUT2D eigenvalue weighted by molar-refractivity contribution is 7.99. The second-order valence-corrected chi connectivity index (χ2v) is 7.34. The number of hydrogen-bond acceptors (Lipinski definition) is 4. The van der Waals surface area contributed by atoms with Gasteiger partial charge in [-0.3, -0.25) is 4.90 Å². The van der Waals surface area contributed by atoms with Gasteiger partial charge in [0, 0.05) is 12.3 Å². The SMILES string of the molecule is CCCCn1c(SCC=Cc2ccccc2)nnc1C(CC)N(C)C. The lowest BCUT2D eigenvalue weighted by Crippen LogP contribution is -2.23. The van der Waals surface area contributed by atoms with Gasteiger partial charge in [0.2, 0.25) is 0 Å². The third-order valence-corrected chi connectivity index (χ3v) is 5.13. The van der Waals surface area contributed by atoms with Crippen LogP contribution in [0, 0.1) is 0 Å². The molecule has 1 unspecified atom stereocenters. The average Bonchev–Trinajstić information content (AvgIpc) is 3.00. The second kappa shape index (κ2) is 10.4. The smallest absolute Gasteiger partial charge is 0.191 e. The lowest BCUT2D eigenvalue weighted by Gasteiger charge is -2.23. The average molecular weight is 359 g/mol. The highest BCUT2D eigenvalue weighted by atomic mass is 32.2. The van der Waals surface area contributed by atoms with E-state index in [4.69, 9.17) is 0 Å². The molecule has 25 heavy (non-hydrogen) atoms. The van der Waals surface area contributed by atoms with Crippen LogP contribution in [0.2, 0.25) is 0 Å². The van der Waals surface area contributed by atoms with E-state index in [0.717, 1.165) is 36.1 Å². The minimum atomic E-state index is 0.318. The first-order valence-corrected chi connectivity index (χ1v) is 10.1. The molecular weight excluding hydrogens is 328 g/mol. The van der Waals surface area contributed by atoms with Crippen molar-refractivity contribution in [3.63, 3.8) is 0 Å². The van der Waals surface area contributed by atoms with Gasteiger partial charge in [0.15, 0.2) is 11.0 Å².